The summed E-state index contributed by atoms with van der Waals surface area (Å²) in [5.74, 6) is -0.246. The number of carbonyl (C=O) groups is 1. The van der Waals surface area contributed by atoms with Crippen molar-refractivity contribution in [2.75, 3.05) is 38.4 Å². The van der Waals surface area contributed by atoms with Gasteiger partial charge in [-0.1, -0.05) is 0 Å². The average Bonchev–Trinajstić information content (AvgIpc) is 2.85. The molecule has 0 aliphatic heterocycles. The third-order valence-corrected chi connectivity index (χ3v) is 6.54. The van der Waals surface area contributed by atoms with Gasteiger partial charge in [0.15, 0.2) is 0 Å². The summed E-state index contributed by atoms with van der Waals surface area (Å²) < 4.78 is 25.9. The van der Waals surface area contributed by atoms with Crippen LogP contribution in [0.5, 0.6) is 0 Å². The number of carbonyl (C=O) groups excluding carboxylic acids is 1. The van der Waals surface area contributed by atoms with Gasteiger partial charge in [0.1, 0.15) is 0 Å². The van der Waals surface area contributed by atoms with Crippen LogP contribution < -0.4 is 10.2 Å². The fourth-order valence-electron chi connectivity index (χ4n) is 2.42. The van der Waals surface area contributed by atoms with Gasteiger partial charge in [0.05, 0.1) is 21.8 Å². The Kier molecular flexibility index (Phi) is 5.55. The zero-order valence-electron chi connectivity index (χ0n) is 15.2. The van der Waals surface area contributed by atoms with E-state index in [0.717, 1.165) is 19.7 Å². The van der Waals surface area contributed by atoms with Crippen molar-refractivity contribution in [3.8, 4) is 0 Å². The minimum Gasteiger partial charge on any atom is -0.376 e. The Morgan fingerprint density at radius 3 is 2.20 bits per heavy atom. The largest absolute Gasteiger partial charge is 0.376 e. The fourth-order valence-corrected chi connectivity index (χ4v) is 4.27. The smallest absolute Gasteiger partial charge is 0.256 e. The summed E-state index contributed by atoms with van der Waals surface area (Å²) >= 11 is 1.56. The molecule has 0 radical (unpaired) electrons. The Hall–Kier alpha value is -1.90. The standard InChI is InChI=1S/C17H23N3O3S2/c1-11-9-14(12(2)24-11)17(21)18-15-10-13(25(22,23)20(5)6)7-8-16(15)19(3)4/h7-10H,1-6H3,(H,18,21). The van der Waals surface area contributed by atoms with Gasteiger partial charge < -0.3 is 10.2 Å². The molecule has 0 bridgehead atoms. The number of thiophene rings is 1. The molecule has 0 aliphatic carbocycles. The second kappa shape index (κ2) is 7.15. The summed E-state index contributed by atoms with van der Waals surface area (Å²) in [6, 6.07) is 6.57. The summed E-state index contributed by atoms with van der Waals surface area (Å²) in [6.07, 6.45) is 0. The number of rotatable bonds is 5. The normalized spacial score (nSPS) is 11.6. The number of amides is 1. The predicted octanol–water partition coefficient (Wildman–Crippen LogP) is 2.93. The second-order valence-electron chi connectivity index (χ2n) is 6.14. The molecule has 6 nitrogen and oxygen atoms in total. The average molecular weight is 382 g/mol. The lowest BCUT2D eigenvalue weighted by Crippen LogP contribution is -2.23. The van der Waals surface area contributed by atoms with Gasteiger partial charge in [-0.15, -0.1) is 11.3 Å². The number of sulfonamides is 1. The van der Waals surface area contributed by atoms with Crippen LogP contribution in [0.15, 0.2) is 29.2 Å². The van der Waals surface area contributed by atoms with E-state index >= 15 is 0 Å². The number of anilines is 2. The number of nitrogens with one attached hydrogen (secondary N) is 1. The Morgan fingerprint density at radius 1 is 1.08 bits per heavy atom. The molecule has 1 N–H and O–H groups in total. The lowest BCUT2D eigenvalue weighted by Gasteiger charge is -2.20. The first kappa shape index (κ1) is 19.4. The van der Waals surface area contributed by atoms with Gasteiger partial charge in [0.25, 0.3) is 5.91 Å². The highest BCUT2D eigenvalue weighted by molar-refractivity contribution is 7.89. The highest BCUT2D eigenvalue weighted by Gasteiger charge is 2.21. The van der Waals surface area contributed by atoms with Crippen LogP contribution in [0.25, 0.3) is 0 Å². The highest BCUT2D eigenvalue weighted by Crippen LogP contribution is 2.30. The third kappa shape index (κ3) is 4.02. The first-order valence-corrected chi connectivity index (χ1v) is 9.92. The van der Waals surface area contributed by atoms with Crippen molar-refractivity contribution < 1.29 is 13.2 Å². The molecule has 1 amide bonds. The van der Waals surface area contributed by atoms with Crippen LogP contribution in [-0.4, -0.2) is 46.8 Å². The van der Waals surface area contributed by atoms with E-state index in [1.165, 1.54) is 20.2 Å². The monoisotopic (exact) mass is 381 g/mol. The molecule has 1 aromatic heterocycles. The molecule has 0 aliphatic rings. The first-order valence-electron chi connectivity index (χ1n) is 7.66. The van der Waals surface area contributed by atoms with Crippen molar-refractivity contribution in [3.05, 3.63) is 39.6 Å². The Balaban J connectivity index is 2.47. The van der Waals surface area contributed by atoms with E-state index in [2.05, 4.69) is 5.32 Å². The molecular weight excluding hydrogens is 358 g/mol. The van der Waals surface area contributed by atoms with E-state index in [1.807, 2.05) is 38.9 Å². The molecule has 2 aromatic rings. The van der Waals surface area contributed by atoms with Crippen LogP contribution in [0, 0.1) is 13.8 Å². The second-order valence-corrected chi connectivity index (χ2v) is 9.75. The summed E-state index contributed by atoms with van der Waals surface area (Å²) in [7, 11) is 3.05. The van der Waals surface area contributed by atoms with Crippen molar-refractivity contribution in [3.63, 3.8) is 0 Å². The lowest BCUT2D eigenvalue weighted by molar-refractivity contribution is 0.102. The molecule has 8 heteroatoms. The Labute approximate surface area is 153 Å². The topological polar surface area (TPSA) is 69.7 Å². The molecule has 0 fully saturated rings. The first-order chi connectivity index (χ1) is 11.5. The molecule has 2 rings (SSSR count). The van der Waals surface area contributed by atoms with Gasteiger partial charge in [0, 0.05) is 37.9 Å². The minimum atomic E-state index is -3.58. The van der Waals surface area contributed by atoms with Crippen molar-refractivity contribution in [2.45, 2.75) is 18.7 Å². The molecule has 136 valence electrons. The maximum absolute atomic E-state index is 12.6. The van der Waals surface area contributed by atoms with Crippen molar-refractivity contribution in [2.24, 2.45) is 0 Å². The van der Waals surface area contributed by atoms with Gasteiger partial charge in [-0.25, -0.2) is 12.7 Å². The maximum Gasteiger partial charge on any atom is 0.256 e. The van der Waals surface area contributed by atoms with E-state index in [1.54, 1.807) is 23.5 Å². The number of aryl methyl sites for hydroxylation is 2. The number of hydrogen-bond donors (Lipinski definition) is 1. The molecule has 0 unspecified atom stereocenters. The Morgan fingerprint density at radius 2 is 1.72 bits per heavy atom. The third-order valence-electron chi connectivity index (χ3n) is 3.76. The van der Waals surface area contributed by atoms with E-state index in [-0.39, 0.29) is 10.8 Å². The summed E-state index contributed by atoms with van der Waals surface area (Å²) in [5, 5.41) is 2.86. The number of nitrogens with zero attached hydrogens (tertiary/aromatic N) is 2. The van der Waals surface area contributed by atoms with Crippen molar-refractivity contribution in [1.29, 1.82) is 0 Å². The quantitative estimate of drug-likeness (QED) is 0.865. The van der Waals surface area contributed by atoms with E-state index < -0.39 is 10.0 Å². The van der Waals surface area contributed by atoms with Gasteiger partial charge >= 0.3 is 0 Å². The SMILES string of the molecule is Cc1cc(C(=O)Nc2cc(S(=O)(=O)N(C)C)ccc2N(C)C)c(C)s1. The van der Waals surface area contributed by atoms with E-state index in [4.69, 9.17) is 0 Å². The molecule has 25 heavy (non-hydrogen) atoms. The zero-order valence-corrected chi connectivity index (χ0v) is 16.9. The Bertz CT molecular complexity index is 900. The van der Waals surface area contributed by atoms with Crippen LogP contribution in [0.3, 0.4) is 0 Å². The van der Waals surface area contributed by atoms with E-state index in [0.29, 0.717) is 11.3 Å². The van der Waals surface area contributed by atoms with Crippen LogP contribution >= 0.6 is 11.3 Å². The van der Waals surface area contributed by atoms with Gasteiger partial charge in [0.2, 0.25) is 10.0 Å². The van der Waals surface area contributed by atoms with Gasteiger partial charge in [-0.05, 0) is 38.1 Å². The van der Waals surface area contributed by atoms with Crippen LogP contribution in [0.4, 0.5) is 11.4 Å². The van der Waals surface area contributed by atoms with Crippen LogP contribution in [-0.2, 0) is 10.0 Å². The maximum atomic E-state index is 12.6. The molecule has 0 atom stereocenters. The van der Waals surface area contributed by atoms with E-state index in [9.17, 15) is 13.2 Å². The fraction of sp³-hybridized carbons (Fsp3) is 0.353. The highest BCUT2D eigenvalue weighted by atomic mass is 32.2. The zero-order chi connectivity index (χ0) is 18.9. The van der Waals surface area contributed by atoms with Crippen LogP contribution in [0.2, 0.25) is 0 Å². The summed E-state index contributed by atoms with van der Waals surface area (Å²) in [5.41, 5.74) is 1.80. The van der Waals surface area contributed by atoms with Crippen molar-refractivity contribution in [1.82, 2.24) is 4.31 Å². The molecule has 0 saturated heterocycles. The van der Waals surface area contributed by atoms with Gasteiger partial charge in [-0.3, -0.25) is 4.79 Å². The molecule has 1 heterocycles. The number of hydrogen-bond acceptors (Lipinski definition) is 5. The molecule has 1 aromatic carbocycles. The van der Waals surface area contributed by atoms with Gasteiger partial charge in [-0.2, -0.15) is 0 Å². The van der Waals surface area contributed by atoms with Crippen LogP contribution in [0.1, 0.15) is 20.1 Å². The van der Waals surface area contributed by atoms with Crippen molar-refractivity contribution >= 4 is 38.6 Å². The minimum absolute atomic E-state index is 0.136. The lowest BCUT2D eigenvalue weighted by atomic mass is 10.2. The molecule has 0 spiro atoms. The molecular formula is C17H23N3O3S2. The summed E-state index contributed by atoms with van der Waals surface area (Å²) in [6.45, 7) is 3.84. The number of benzene rings is 1. The molecule has 0 saturated carbocycles. The predicted molar refractivity (Wildman–Crippen MR) is 103 cm³/mol. The summed E-state index contributed by atoms with van der Waals surface area (Å²) in [4.78, 5) is 16.6.